The van der Waals surface area contributed by atoms with Crippen molar-refractivity contribution in [3.8, 4) is 11.3 Å². The number of aromatic amines is 1. The second-order valence-electron chi connectivity index (χ2n) is 9.18. The van der Waals surface area contributed by atoms with Gasteiger partial charge in [0.15, 0.2) is 0 Å². The molecule has 0 radical (unpaired) electrons. The Labute approximate surface area is 198 Å². The first-order valence-electron chi connectivity index (χ1n) is 12.0. The molecule has 34 heavy (non-hydrogen) atoms. The first-order chi connectivity index (χ1) is 16.8. The number of carbonyl (C=O) groups is 1. The Balaban J connectivity index is 1.25. The number of benzene rings is 3. The summed E-state index contributed by atoms with van der Waals surface area (Å²) in [4.78, 5) is 15.6. The normalized spacial score (nSPS) is 17.0. The lowest BCUT2D eigenvalue weighted by molar-refractivity contribution is 0.0932. The number of morpholine rings is 1. The van der Waals surface area contributed by atoms with Crippen LogP contribution in [0.2, 0.25) is 0 Å². The minimum atomic E-state index is -0.0440. The minimum absolute atomic E-state index is 0.0440. The fraction of sp³-hybridized carbons (Fsp3) is 0.286. The lowest BCUT2D eigenvalue weighted by atomic mass is 10.0. The van der Waals surface area contributed by atoms with Gasteiger partial charge >= 0.3 is 0 Å². The molecule has 2 fully saturated rings. The van der Waals surface area contributed by atoms with Crippen molar-refractivity contribution in [2.75, 3.05) is 31.2 Å². The monoisotopic (exact) mass is 452 g/mol. The Bertz CT molecular complexity index is 1290. The topological polar surface area (TPSA) is 70.2 Å². The van der Waals surface area contributed by atoms with Gasteiger partial charge in [-0.3, -0.25) is 9.89 Å². The van der Waals surface area contributed by atoms with Crippen LogP contribution in [0.3, 0.4) is 0 Å². The van der Waals surface area contributed by atoms with E-state index in [0.717, 1.165) is 61.3 Å². The predicted octanol–water partition coefficient (Wildman–Crippen LogP) is 4.95. The standard InChI is InChI=1S/C28H28N4O2/c33-28(29-26(20-6-7-20)19-4-2-1-3-5-19)22-10-13-25-24(18-22)27(31-30-25)21-8-11-23(12-9-21)32-14-16-34-17-15-32/h1-5,8-13,18,20,26H,6-7,14-17H2,(H,29,33)(H,30,31). The van der Waals surface area contributed by atoms with E-state index in [1.807, 2.05) is 36.4 Å². The average Bonchev–Trinajstić information content (AvgIpc) is 3.66. The highest BCUT2D eigenvalue weighted by atomic mass is 16.5. The van der Waals surface area contributed by atoms with Gasteiger partial charge in [-0.05, 0) is 54.7 Å². The minimum Gasteiger partial charge on any atom is -0.378 e. The third-order valence-corrected chi connectivity index (χ3v) is 6.88. The van der Waals surface area contributed by atoms with Gasteiger partial charge in [0.05, 0.1) is 30.5 Å². The highest BCUT2D eigenvalue weighted by Gasteiger charge is 2.33. The fourth-order valence-electron chi connectivity index (χ4n) is 4.81. The molecule has 1 aromatic heterocycles. The maximum absolute atomic E-state index is 13.2. The third-order valence-electron chi connectivity index (χ3n) is 6.88. The van der Waals surface area contributed by atoms with Gasteiger partial charge in [0.2, 0.25) is 0 Å². The van der Waals surface area contributed by atoms with Crippen LogP contribution in [0.4, 0.5) is 5.69 Å². The van der Waals surface area contributed by atoms with E-state index in [4.69, 9.17) is 4.74 Å². The van der Waals surface area contributed by atoms with E-state index < -0.39 is 0 Å². The molecule has 0 bridgehead atoms. The van der Waals surface area contributed by atoms with Gasteiger partial charge in [-0.1, -0.05) is 42.5 Å². The van der Waals surface area contributed by atoms with Crippen LogP contribution in [-0.4, -0.2) is 42.4 Å². The van der Waals surface area contributed by atoms with Gasteiger partial charge in [-0.15, -0.1) is 0 Å². The van der Waals surface area contributed by atoms with Crippen LogP contribution in [0.15, 0.2) is 72.8 Å². The molecule has 3 aromatic carbocycles. The zero-order chi connectivity index (χ0) is 22.9. The maximum atomic E-state index is 13.2. The Morgan fingerprint density at radius 2 is 1.76 bits per heavy atom. The van der Waals surface area contributed by atoms with Gasteiger partial charge in [0.1, 0.15) is 0 Å². The molecule has 1 saturated heterocycles. The highest BCUT2D eigenvalue weighted by Crippen LogP contribution is 2.41. The number of nitrogens with one attached hydrogen (secondary N) is 2. The molecule has 2 aliphatic rings. The molecule has 1 atom stereocenters. The molecular formula is C28H28N4O2. The Morgan fingerprint density at radius 3 is 2.50 bits per heavy atom. The number of ether oxygens (including phenoxy) is 1. The first kappa shape index (κ1) is 20.9. The Kier molecular flexibility index (Phi) is 5.51. The summed E-state index contributed by atoms with van der Waals surface area (Å²) in [5, 5.41) is 11.9. The summed E-state index contributed by atoms with van der Waals surface area (Å²) in [5.41, 5.74) is 5.83. The number of nitrogens with zero attached hydrogens (tertiary/aromatic N) is 2. The van der Waals surface area contributed by atoms with Gasteiger partial charge in [0.25, 0.3) is 5.91 Å². The summed E-state index contributed by atoms with van der Waals surface area (Å²) in [7, 11) is 0. The molecule has 2 heterocycles. The van der Waals surface area contributed by atoms with E-state index in [9.17, 15) is 4.79 Å². The zero-order valence-corrected chi connectivity index (χ0v) is 19.0. The van der Waals surface area contributed by atoms with E-state index >= 15 is 0 Å². The number of aromatic nitrogens is 2. The van der Waals surface area contributed by atoms with Crippen molar-refractivity contribution in [3.05, 3.63) is 83.9 Å². The quantitative estimate of drug-likeness (QED) is 0.434. The van der Waals surface area contributed by atoms with Gasteiger partial charge in [-0.2, -0.15) is 5.10 Å². The lowest BCUT2D eigenvalue weighted by Gasteiger charge is -2.28. The summed E-state index contributed by atoms with van der Waals surface area (Å²) in [6, 6.07) is 24.6. The third kappa shape index (κ3) is 4.17. The second-order valence-corrected chi connectivity index (χ2v) is 9.18. The molecular weight excluding hydrogens is 424 g/mol. The van der Waals surface area contributed by atoms with Crippen molar-refractivity contribution >= 4 is 22.5 Å². The number of rotatable bonds is 6. The summed E-state index contributed by atoms with van der Waals surface area (Å²) in [6.07, 6.45) is 2.32. The van der Waals surface area contributed by atoms with Crippen molar-refractivity contribution in [2.45, 2.75) is 18.9 Å². The first-order valence-corrected chi connectivity index (χ1v) is 12.0. The number of H-pyrrole nitrogens is 1. The summed E-state index contributed by atoms with van der Waals surface area (Å²) >= 11 is 0. The average molecular weight is 453 g/mol. The number of fused-ring (bicyclic) bond motifs is 1. The summed E-state index contributed by atoms with van der Waals surface area (Å²) < 4.78 is 5.46. The molecule has 172 valence electrons. The van der Waals surface area contributed by atoms with Crippen LogP contribution in [-0.2, 0) is 4.74 Å². The molecule has 1 amide bonds. The van der Waals surface area contributed by atoms with E-state index in [0.29, 0.717) is 11.5 Å². The SMILES string of the molecule is O=C(NC(c1ccccc1)C1CC1)c1ccc2[nH]nc(-c3ccc(N4CCOCC4)cc3)c2c1. The van der Waals surface area contributed by atoms with Crippen molar-refractivity contribution in [1.29, 1.82) is 0 Å². The molecule has 1 aliphatic carbocycles. The second kappa shape index (κ2) is 8.95. The zero-order valence-electron chi connectivity index (χ0n) is 19.0. The Hall–Kier alpha value is -3.64. The van der Waals surface area contributed by atoms with Crippen molar-refractivity contribution in [3.63, 3.8) is 0 Å². The van der Waals surface area contributed by atoms with Crippen LogP contribution >= 0.6 is 0 Å². The highest BCUT2D eigenvalue weighted by molar-refractivity contribution is 6.01. The van der Waals surface area contributed by atoms with Crippen LogP contribution in [0.25, 0.3) is 22.2 Å². The molecule has 1 unspecified atom stereocenters. The summed E-state index contributed by atoms with van der Waals surface area (Å²) in [5.74, 6) is 0.474. The molecule has 0 spiro atoms. The molecule has 2 N–H and O–H groups in total. The van der Waals surface area contributed by atoms with E-state index in [1.165, 1.54) is 11.3 Å². The molecule has 6 nitrogen and oxygen atoms in total. The maximum Gasteiger partial charge on any atom is 0.251 e. The molecule has 6 rings (SSSR count). The van der Waals surface area contributed by atoms with Crippen molar-refractivity contribution < 1.29 is 9.53 Å². The van der Waals surface area contributed by atoms with Crippen molar-refractivity contribution in [1.82, 2.24) is 15.5 Å². The number of carbonyl (C=O) groups excluding carboxylic acids is 1. The lowest BCUT2D eigenvalue weighted by Crippen LogP contribution is -2.36. The van der Waals surface area contributed by atoms with Crippen molar-refractivity contribution in [2.24, 2.45) is 5.92 Å². The van der Waals surface area contributed by atoms with Gasteiger partial charge in [-0.25, -0.2) is 0 Å². The van der Waals surface area contributed by atoms with Crippen LogP contribution in [0, 0.1) is 5.92 Å². The molecule has 6 heteroatoms. The molecule has 4 aromatic rings. The summed E-state index contributed by atoms with van der Waals surface area (Å²) in [6.45, 7) is 3.35. The van der Waals surface area contributed by atoms with Crippen LogP contribution < -0.4 is 10.2 Å². The predicted molar refractivity (Wildman–Crippen MR) is 134 cm³/mol. The molecule has 1 aliphatic heterocycles. The number of hydrogen-bond donors (Lipinski definition) is 2. The largest absolute Gasteiger partial charge is 0.378 e. The number of anilines is 1. The number of amides is 1. The van der Waals surface area contributed by atoms with E-state index in [2.05, 4.69) is 56.8 Å². The fourth-order valence-corrected chi connectivity index (χ4v) is 4.81. The van der Waals surface area contributed by atoms with E-state index in [-0.39, 0.29) is 11.9 Å². The van der Waals surface area contributed by atoms with Gasteiger partial charge in [0, 0.05) is 35.3 Å². The smallest absolute Gasteiger partial charge is 0.251 e. The van der Waals surface area contributed by atoms with E-state index in [1.54, 1.807) is 0 Å². The van der Waals surface area contributed by atoms with Crippen LogP contribution in [0.5, 0.6) is 0 Å². The Morgan fingerprint density at radius 1 is 1.00 bits per heavy atom. The number of hydrogen-bond acceptors (Lipinski definition) is 4. The van der Waals surface area contributed by atoms with Gasteiger partial charge < -0.3 is 15.0 Å². The van der Waals surface area contributed by atoms with Crippen LogP contribution in [0.1, 0.15) is 34.8 Å². The molecule has 1 saturated carbocycles.